The first kappa shape index (κ1) is 20.8. The lowest BCUT2D eigenvalue weighted by Gasteiger charge is -2.12. The molecule has 2 N–H and O–H groups in total. The second-order valence-corrected chi connectivity index (χ2v) is 7.33. The summed E-state index contributed by atoms with van der Waals surface area (Å²) in [4.78, 5) is 36.8. The van der Waals surface area contributed by atoms with Crippen molar-refractivity contribution in [1.29, 1.82) is 0 Å². The normalized spacial score (nSPS) is 10.4. The lowest BCUT2D eigenvalue weighted by atomic mass is 10.2. The van der Waals surface area contributed by atoms with Crippen LogP contribution in [0.3, 0.4) is 0 Å². The molecule has 1 heterocycles. The highest BCUT2D eigenvalue weighted by Crippen LogP contribution is 2.21. The zero-order valence-electron chi connectivity index (χ0n) is 15.3. The van der Waals surface area contributed by atoms with Crippen molar-refractivity contribution in [3.8, 4) is 5.69 Å². The average molecular weight is 476 g/mol. The van der Waals surface area contributed by atoms with Crippen LogP contribution in [-0.4, -0.2) is 28.1 Å². The molecule has 148 valence electrons. The summed E-state index contributed by atoms with van der Waals surface area (Å²) in [6.45, 7) is 1.37. The fourth-order valence-corrected chi connectivity index (χ4v) is 3.17. The Morgan fingerprint density at radius 1 is 1.14 bits per heavy atom. The number of hydrogen-bond acceptors (Lipinski definition) is 4. The molecule has 29 heavy (non-hydrogen) atoms. The van der Waals surface area contributed by atoms with E-state index in [0.717, 1.165) is 0 Å². The summed E-state index contributed by atoms with van der Waals surface area (Å²) in [6, 6.07) is 15.3. The molecule has 3 rings (SSSR count). The third-order valence-corrected chi connectivity index (χ3v) is 4.97. The Balaban J connectivity index is 1.76. The third-order valence-electron chi connectivity index (χ3n) is 3.96. The van der Waals surface area contributed by atoms with Gasteiger partial charge in [0.2, 0.25) is 11.3 Å². The average Bonchev–Trinajstić information content (AvgIpc) is 2.69. The Bertz CT molecular complexity index is 1150. The number of carbonyl (C=O) groups is 2. The van der Waals surface area contributed by atoms with E-state index in [1.807, 2.05) is 6.07 Å². The minimum Gasteiger partial charge on any atom is -0.341 e. The molecule has 0 aliphatic rings. The van der Waals surface area contributed by atoms with E-state index in [1.165, 1.54) is 10.7 Å². The van der Waals surface area contributed by atoms with Crippen molar-refractivity contribution in [3.05, 3.63) is 85.7 Å². The maximum Gasteiger partial charge on any atom is 0.276 e. The maximum atomic E-state index is 12.5. The molecule has 0 atom stereocenters. The van der Waals surface area contributed by atoms with Gasteiger partial charge in [-0.05, 0) is 47.1 Å². The monoisotopic (exact) mass is 474 g/mol. The second kappa shape index (κ2) is 9.02. The van der Waals surface area contributed by atoms with Gasteiger partial charge in [-0.2, -0.15) is 5.10 Å². The van der Waals surface area contributed by atoms with E-state index in [4.69, 9.17) is 11.6 Å². The van der Waals surface area contributed by atoms with Crippen molar-refractivity contribution in [2.75, 3.05) is 11.9 Å². The molecule has 2 amide bonds. The summed E-state index contributed by atoms with van der Waals surface area (Å²) in [5, 5.41) is 9.65. The van der Waals surface area contributed by atoms with Crippen LogP contribution in [0.15, 0.2) is 63.9 Å². The van der Waals surface area contributed by atoms with Gasteiger partial charge in [0.1, 0.15) is 0 Å². The Hall–Kier alpha value is -2.97. The number of aromatic nitrogens is 2. The molecule has 0 saturated heterocycles. The predicted octanol–water partition coefficient (Wildman–Crippen LogP) is 3.33. The van der Waals surface area contributed by atoms with Gasteiger partial charge in [-0.1, -0.05) is 35.9 Å². The van der Waals surface area contributed by atoms with Gasteiger partial charge in [0.15, 0.2) is 5.69 Å². The Morgan fingerprint density at radius 2 is 1.83 bits per heavy atom. The molecule has 0 unspecified atom stereocenters. The summed E-state index contributed by atoms with van der Waals surface area (Å²) >= 11 is 9.53. The standard InChI is InChI=1S/C20H16BrClN4O3/c1-12-10-17(27)19(25-26(12)16-9-5-3-7-14(16)22)20(29)23-11-18(28)24-15-8-4-2-6-13(15)21/h2-10H,11H2,1H3,(H,23,29)(H,24,28). The molecule has 9 heteroatoms. The van der Waals surface area contributed by atoms with Crippen molar-refractivity contribution in [2.24, 2.45) is 0 Å². The largest absolute Gasteiger partial charge is 0.341 e. The van der Waals surface area contributed by atoms with E-state index >= 15 is 0 Å². The molecular formula is C20H16BrClN4O3. The summed E-state index contributed by atoms with van der Waals surface area (Å²) in [7, 11) is 0. The Labute approximate surface area is 179 Å². The molecule has 1 aromatic heterocycles. The van der Waals surface area contributed by atoms with Crippen LogP contribution in [0, 0.1) is 6.92 Å². The van der Waals surface area contributed by atoms with Crippen molar-refractivity contribution in [1.82, 2.24) is 15.1 Å². The van der Waals surface area contributed by atoms with Gasteiger partial charge in [-0.25, -0.2) is 4.68 Å². The van der Waals surface area contributed by atoms with Crippen molar-refractivity contribution in [3.63, 3.8) is 0 Å². The van der Waals surface area contributed by atoms with E-state index in [0.29, 0.717) is 26.6 Å². The molecule has 7 nitrogen and oxygen atoms in total. The first-order chi connectivity index (χ1) is 13.9. The molecule has 0 saturated carbocycles. The van der Waals surface area contributed by atoms with Gasteiger partial charge in [0.05, 0.1) is 22.9 Å². The van der Waals surface area contributed by atoms with E-state index in [1.54, 1.807) is 49.4 Å². The fourth-order valence-electron chi connectivity index (χ4n) is 2.57. The number of benzene rings is 2. The predicted molar refractivity (Wildman–Crippen MR) is 115 cm³/mol. The summed E-state index contributed by atoms with van der Waals surface area (Å²) in [5.41, 5.74) is 0.749. The number of halogens is 2. The van der Waals surface area contributed by atoms with Gasteiger partial charge in [-0.3, -0.25) is 14.4 Å². The lowest BCUT2D eigenvalue weighted by Crippen LogP contribution is -2.37. The van der Waals surface area contributed by atoms with Crippen LogP contribution < -0.4 is 16.1 Å². The quantitative estimate of drug-likeness (QED) is 0.592. The highest BCUT2D eigenvalue weighted by molar-refractivity contribution is 9.10. The summed E-state index contributed by atoms with van der Waals surface area (Å²) < 4.78 is 2.13. The SMILES string of the molecule is Cc1cc(=O)c(C(=O)NCC(=O)Nc2ccccc2Br)nn1-c1ccccc1Cl. The molecule has 0 radical (unpaired) electrons. The number of aryl methyl sites for hydroxylation is 1. The maximum absolute atomic E-state index is 12.5. The van der Waals surface area contributed by atoms with E-state index < -0.39 is 17.2 Å². The first-order valence-electron chi connectivity index (χ1n) is 8.55. The molecule has 0 aliphatic carbocycles. The molecule has 3 aromatic rings. The minimum atomic E-state index is -0.752. The zero-order valence-corrected chi connectivity index (χ0v) is 17.6. The van der Waals surface area contributed by atoms with Crippen molar-refractivity contribution >= 4 is 45.0 Å². The minimum absolute atomic E-state index is 0.318. The number of para-hydroxylation sites is 2. The van der Waals surface area contributed by atoms with Crippen LogP contribution in [0.1, 0.15) is 16.2 Å². The molecule has 0 aliphatic heterocycles. The molecule has 0 spiro atoms. The van der Waals surface area contributed by atoms with Crippen molar-refractivity contribution in [2.45, 2.75) is 6.92 Å². The molecule has 2 aromatic carbocycles. The van der Waals surface area contributed by atoms with Crippen molar-refractivity contribution < 1.29 is 9.59 Å². The van der Waals surface area contributed by atoms with Gasteiger partial charge in [-0.15, -0.1) is 0 Å². The number of rotatable bonds is 5. The first-order valence-corrected chi connectivity index (χ1v) is 9.72. The Kier molecular flexibility index (Phi) is 6.46. The number of hydrogen-bond donors (Lipinski definition) is 2. The Morgan fingerprint density at radius 3 is 2.55 bits per heavy atom. The molecule has 0 bridgehead atoms. The fraction of sp³-hybridized carbons (Fsp3) is 0.100. The van der Waals surface area contributed by atoms with Gasteiger partial charge < -0.3 is 10.6 Å². The number of carbonyl (C=O) groups excluding carboxylic acids is 2. The van der Waals surface area contributed by atoms with Crippen LogP contribution in [0.4, 0.5) is 5.69 Å². The van der Waals surface area contributed by atoms with Gasteiger partial charge >= 0.3 is 0 Å². The number of amides is 2. The summed E-state index contributed by atoms with van der Waals surface area (Å²) in [5.74, 6) is -1.19. The van der Waals surface area contributed by atoms with Gasteiger partial charge in [0, 0.05) is 16.2 Å². The number of anilines is 1. The second-order valence-electron chi connectivity index (χ2n) is 6.07. The molecule has 0 fully saturated rings. The van der Waals surface area contributed by atoms with Crippen LogP contribution in [0.5, 0.6) is 0 Å². The van der Waals surface area contributed by atoms with Crippen LogP contribution in [0.2, 0.25) is 5.02 Å². The van der Waals surface area contributed by atoms with E-state index in [2.05, 4.69) is 31.7 Å². The highest BCUT2D eigenvalue weighted by Gasteiger charge is 2.17. The number of nitrogens with zero attached hydrogens (tertiary/aromatic N) is 2. The third kappa shape index (κ3) is 4.90. The number of nitrogens with one attached hydrogen (secondary N) is 2. The highest BCUT2D eigenvalue weighted by atomic mass is 79.9. The van der Waals surface area contributed by atoms with Gasteiger partial charge in [0.25, 0.3) is 5.91 Å². The summed E-state index contributed by atoms with van der Waals surface area (Å²) in [6.07, 6.45) is 0. The van der Waals surface area contributed by atoms with Crippen LogP contribution >= 0.6 is 27.5 Å². The molecular weight excluding hydrogens is 460 g/mol. The smallest absolute Gasteiger partial charge is 0.276 e. The van der Waals surface area contributed by atoms with Crippen LogP contribution in [0.25, 0.3) is 5.69 Å². The van der Waals surface area contributed by atoms with E-state index in [-0.39, 0.29) is 12.2 Å². The zero-order chi connectivity index (χ0) is 21.0. The lowest BCUT2D eigenvalue weighted by molar-refractivity contribution is -0.115. The van der Waals surface area contributed by atoms with E-state index in [9.17, 15) is 14.4 Å². The van der Waals surface area contributed by atoms with Crippen LogP contribution in [-0.2, 0) is 4.79 Å². The topological polar surface area (TPSA) is 93.1 Å².